The fourth-order valence-electron chi connectivity index (χ4n) is 2.82. The number of carbonyl (C=O) groups excluding carboxylic acids is 2. The molecule has 1 saturated carbocycles. The highest BCUT2D eigenvalue weighted by Crippen LogP contribution is 2.30. The van der Waals surface area contributed by atoms with Crippen molar-refractivity contribution in [3.05, 3.63) is 24.3 Å². The molecule has 1 aliphatic heterocycles. The Balaban J connectivity index is 0.00000192. The van der Waals surface area contributed by atoms with E-state index >= 15 is 0 Å². The van der Waals surface area contributed by atoms with Crippen molar-refractivity contribution in [1.29, 1.82) is 0 Å². The molecule has 0 radical (unpaired) electrons. The van der Waals surface area contributed by atoms with Crippen LogP contribution in [0.4, 0.5) is 11.4 Å². The van der Waals surface area contributed by atoms with Crippen molar-refractivity contribution in [3.63, 3.8) is 0 Å². The minimum atomic E-state index is 0. The summed E-state index contributed by atoms with van der Waals surface area (Å²) in [5.41, 5.74) is 1.49. The Hall–Kier alpha value is -1.59. The first-order valence-electron chi connectivity index (χ1n) is 8.12. The number of halogens is 1. The van der Waals surface area contributed by atoms with Crippen LogP contribution in [0.3, 0.4) is 0 Å². The average Bonchev–Trinajstić information content (AvgIpc) is 3.33. The van der Waals surface area contributed by atoms with Gasteiger partial charge in [-0.1, -0.05) is 6.07 Å². The third-order valence-electron chi connectivity index (χ3n) is 4.29. The molecule has 0 bridgehead atoms. The summed E-state index contributed by atoms with van der Waals surface area (Å²) in [6.07, 6.45) is 4.66. The van der Waals surface area contributed by atoms with Gasteiger partial charge in [0.2, 0.25) is 11.8 Å². The maximum Gasteiger partial charge on any atom is 0.227 e. The summed E-state index contributed by atoms with van der Waals surface area (Å²) in [6.45, 7) is 2.00. The largest absolute Gasteiger partial charge is 0.326 e. The number of hydrogen-bond acceptors (Lipinski definition) is 3. The van der Waals surface area contributed by atoms with Gasteiger partial charge >= 0.3 is 0 Å². The van der Waals surface area contributed by atoms with Crippen LogP contribution in [0.25, 0.3) is 0 Å². The molecule has 1 heterocycles. The van der Waals surface area contributed by atoms with E-state index in [2.05, 4.69) is 16.0 Å². The van der Waals surface area contributed by atoms with Crippen molar-refractivity contribution in [1.82, 2.24) is 5.32 Å². The maximum absolute atomic E-state index is 12.1. The van der Waals surface area contributed by atoms with Crippen LogP contribution in [-0.2, 0) is 9.59 Å². The fourth-order valence-corrected chi connectivity index (χ4v) is 2.82. The number of nitrogens with one attached hydrogen (secondary N) is 3. The van der Waals surface area contributed by atoms with Gasteiger partial charge < -0.3 is 16.0 Å². The van der Waals surface area contributed by atoms with Gasteiger partial charge in [0.05, 0.1) is 0 Å². The second-order valence-electron chi connectivity index (χ2n) is 6.29. The molecular formula is C17H24ClN3O2. The molecule has 6 heteroatoms. The van der Waals surface area contributed by atoms with E-state index in [4.69, 9.17) is 0 Å². The monoisotopic (exact) mass is 337 g/mol. The predicted molar refractivity (Wildman–Crippen MR) is 93.9 cm³/mol. The summed E-state index contributed by atoms with van der Waals surface area (Å²) in [4.78, 5) is 23.9. The van der Waals surface area contributed by atoms with Crippen molar-refractivity contribution >= 4 is 35.6 Å². The van der Waals surface area contributed by atoms with Crippen LogP contribution in [0, 0.1) is 11.8 Å². The van der Waals surface area contributed by atoms with Crippen LogP contribution in [0.2, 0.25) is 0 Å². The third-order valence-corrected chi connectivity index (χ3v) is 4.29. The van der Waals surface area contributed by atoms with Crippen LogP contribution < -0.4 is 16.0 Å². The lowest BCUT2D eigenvalue weighted by Gasteiger charge is -2.22. The minimum absolute atomic E-state index is 0. The van der Waals surface area contributed by atoms with Gasteiger partial charge in [-0.05, 0) is 62.9 Å². The number of piperidine rings is 1. The first kappa shape index (κ1) is 17.8. The van der Waals surface area contributed by atoms with Gasteiger partial charge in [-0.25, -0.2) is 0 Å². The topological polar surface area (TPSA) is 70.2 Å². The highest BCUT2D eigenvalue weighted by atomic mass is 35.5. The number of carbonyl (C=O) groups is 2. The summed E-state index contributed by atoms with van der Waals surface area (Å²) >= 11 is 0. The molecule has 5 nitrogen and oxygen atoms in total. The molecule has 2 fully saturated rings. The first-order valence-corrected chi connectivity index (χ1v) is 8.12. The molecule has 126 valence electrons. The second kappa shape index (κ2) is 8.31. The van der Waals surface area contributed by atoms with Crippen molar-refractivity contribution in [2.45, 2.75) is 32.1 Å². The van der Waals surface area contributed by atoms with Gasteiger partial charge in [-0.3, -0.25) is 9.59 Å². The van der Waals surface area contributed by atoms with E-state index in [0.29, 0.717) is 12.3 Å². The molecule has 3 N–H and O–H groups in total. The van der Waals surface area contributed by atoms with Crippen molar-refractivity contribution < 1.29 is 9.59 Å². The Morgan fingerprint density at radius 3 is 2.35 bits per heavy atom. The zero-order chi connectivity index (χ0) is 15.4. The Morgan fingerprint density at radius 1 is 1.04 bits per heavy atom. The van der Waals surface area contributed by atoms with E-state index in [0.717, 1.165) is 50.1 Å². The number of rotatable bonds is 5. The Morgan fingerprint density at radius 2 is 1.70 bits per heavy atom. The van der Waals surface area contributed by atoms with Crippen LogP contribution >= 0.6 is 12.4 Å². The quantitative estimate of drug-likeness (QED) is 0.773. The molecule has 0 atom stereocenters. The smallest absolute Gasteiger partial charge is 0.227 e. The normalized spacial score (nSPS) is 17.9. The van der Waals surface area contributed by atoms with Crippen molar-refractivity contribution in [2.75, 3.05) is 23.7 Å². The van der Waals surface area contributed by atoms with E-state index < -0.39 is 0 Å². The molecule has 2 amide bonds. The zero-order valence-electron chi connectivity index (χ0n) is 13.1. The average molecular weight is 338 g/mol. The SMILES string of the molecule is Cl.O=C(CC1CCNCC1)Nc1cccc(NC(=O)C2CC2)c1. The molecule has 1 aliphatic carbocycles. The summed E-state index contributed by atoms with van der Waals surface area (Å²) in [5, 5.41) is 9.14. The van der Waals surface area contributed by atoms with E-state index in [9.17, 15) is 9.59 Å². The van der Waals surface area contributed by atoms with Gasteiger partial charge in [0.1, 0.15) is 0 Å². The summed E-state index contributed by atoms with van der Waals surface area (Å²) in [7, 11) is 0. The van der Waals surface area contributed by atoms with Crippen molar-refractivity contribution in [3.8, 4) is 0 Å². The highest BCUT2D eigenvalue weighted by Gasteiger charge is 2.29. The molecule has 1 aromatic carbocycles. The summed E-state index contributed by atoms with van der Waals surface area (Å²) in [6, 6.07) is 7.37. The minimum Gasteiger partial charge on any atom is -0.326 e. The molecule has 1 saturated heterocycles. The number of hydrogen-bond donors (Lipinski definition) is 3. The van der Waals surface area contributed by atoms with Gasteiger partial charge in [-0.2, -0.15) is 0 Å². The van der Waals surface area contributed by atoms with Crippen LogP contribution in [-0.4, -0.2) is 24.9 Å². The molecule has 1 aromatic rings. The van der Waals surface area contributed by atoms with E-state index in [1.54, 1.807) is 0 Å². The van der Waals surface area contributed by atoms with Gasteiger partial charge in [0.15, 0.2) is 0 Å². The highest BCUT2D eigenvalue weighted by molar-refractivity contribution is 5.96. The summed E-state index contributed by atoms with van der Waals surface area (Å²) < 4.78 is 0. The Kier molecular flexibility index (Phi) is 6.42. The summed E-state index contributed by atoms with van der Waals surface area (Å²) in [5.74, 6) is 0.785. The van der Waals surface area contributed by atoms with E-state index in [1.807, 2.05) is 24.3 Å². The number of anilines is 2. The molecule has 0 unspecified atom stereocenters. The van der Waals surface area contributed by atoms with Gasteiger partial charge in [0.25, 0.3) is 0 Å². The lowest BCUT2D eigenvalue weighted by molar-refractivity contribution is -0.118. The second-order valence-corrected chi connectivity index (χ2v) is 6.29. The van der Waals surface area contributed by atoms with E-state index in [1.165, 1.54) is 0 Å². The van der Waals surface area contributed by atoms with Crippen molar-refractivity contribution in [2.24, 2.45) is 11.8 Å². The zero-order valence-corrected chi connectivity index (χ0v) is 14.0. The van der Waals surface area contributed by atoms with Crippen LogP contribution in [0.1, 0.15) is 32.1 Å². The fraction of sp³-hybridized carbons (Fsp3) is 0.529. The lowest BCUT2D eigenvalue weighted by Crippen LogP contribution is -2.30. The molecular weight excluding hydrogens is 314 g/mol. The van der Waals surface area contributed by atoms with Gasteiger partial charge in [0, 0.05) is 23.7 Å². The van der Waals surface area contributed by atoms with E-state index in [-0.39, 0.29) is 30.1 Å². The lowest BCUT2D eigenvalue weighted by atomic mass is 9.94. The van der Waals surface area contributed by atoms with Crippen LogP contribution in [0.5, 0.6) is 0 Å². The Bertz CT molecular complexity index is 555. The molecule has 0 spiro atoms. The maximum atomic E-state index is 12.1. The predicted octanol–water partition coefficient (Wildman–Crippen LogP) is 2.79. The number of amides is 2. The van der Waals surface area contributed by atoms with Crippen LogP contribution in [0.15, 0.2) is 24.3 Å². The molecule has 2 aliphatic rings. The third kappa shape index (κ3) is 5.52. The first-order chi connectivity index (χ1) is 10.7. The molecule has 0 aromatic heterocycles. The Labute approximate surface area is 143 Å². The molecule has 23 heavy (non-hydrogen) atoms. The molecule has 3 rings (SSSR count). The number of benzene rings is 1. The van der Waals surface area contributed by atoms with Gasteiger partial charge in [-0.15, -0.1) is 12.4 Å². The standard InChI is InChI=1S/C17H23N3O2.ClH/c21-16(10-12-6-8-18-9-7-12)19-14-2-1-3-15(11-14)20-17(22)13-4-5-13;/h1-3,11-13,18H,4-10H2,(H,19,21)(H,20,22);1H.